The minimum atomic E-state index is -0.293. The van der Waals surface area contributed by atoms with Crippen LogP contribution in [0.2, 0.25) is 0 Å². The van der Waals surface area contributed by atoms with Crippen LogP contribution in [-0.2, 0) is 6.54 Å². The smallest absolute Gasteiger partial charge is 0.264 e. The predicted molar refractivity (Wildman–Crippen MR) is 126 cm³/mol. The first-order valence-corrected chi connectivity index (χ1v) is 11.7. The second kappa shape index (κ2) is 8.35. The molecule has 10 heteroatoms. The number of thiophene rings is 1. The summed E-state index contributed by atoms with van der Waals surface area (Å²) in [4.78, 5) is 46.1. The second-order valence-corrected chi connectivity index (χ2v) is 9.84. The summed E-state index contributed by atoms with van der Waals surface area (Å²) in [5, 5.41) is 0.496. The Bertz CT molecular complexity index is 1410. The molecule has 0 radical (unpaired) electrons. The molecule has 1 fully saturated rings. The van der Waals surface area contributed by atoms with E-state index in [1.807, 2.05) is 30.8 Å². The van der Waals surface area contributed by atoms with Crippen LogP contribution in [0.3, 0.4) is 0 Å². The highest BCUT2D eigenvalue weighted by Gasteiger charge is 2.29. The van der Waals surface area contributed by atoms with Gasteiger partial charge >= 0.3 is 0 Å². The lowest BCUT2D eigenvalue weighted by molar-refractivity contribution is 0.0715. The van der Waals surface area contributed by atoms with Crippen LogP contribution < -0.4 is 5.56 Å². The molecule has 0 bridgehead atoms. The van der Waals surface area contributed by atoms with E-state index in [0.29, 0.717) is 51.6 Å². The first-order chi connectivity index (χ1) is 15.8. The third kappa shape index (κ3) is 4.04. The lowest BCUT2D eigenvalue weighted by atomic mass is 9.96. The number of nitrogens with one attached hydrogen (secondary N) is 2. The van der Waals surface area contributed by atoms with Crippen molar-refractivity contribution in [1.29, 1.82) is 0 Å². The van der Waals surface area contributed by atoms with Crippen LogP contribution in [0, 0.1) is 12.7 Å². The summed E-state index contributed by atoms with van der Waals surface area (Å²) >= 11 is 1.29. The van der Waals surface area contributed by atoms with Gasteiger partial charge in [0.05, 0.1) is 27.8 Å². The number of imidazole rings is 1. The maximum absolute atomic E-state index is 13.5. The molecule has 0 saturated carbocycles. The van der Waals surface area contributed by atoms with E-state index in [4.69, 9.17) is 0 Å². The number of amides is 1. The topological polar surface area (TPSA) is 98.0 Å². The number of likely N-dealkylation sites (tertiary alicyclic amines) is 1. The molecule has 1 aliphatic heterocycles. The Balaban J connectivity index is 1.34. The van der Waals surface area contributed by atoms with E-state index in [2.05, 4.69) is 19.9 Å². The van der Waals surface area contributed by atoms with Gasteiger partial charge in [0.25, 0.3) is 11.5 Å². The number of rotatable bonds is 4. The van der Waals surface area contributed by atoms with Gasteiger partial charge in [-0.15, -0.1) is 11.3 Å². The molecule has 4 heterocycles. The number of halogens is 1. The average Bonchev–Trinajstić information content (AvgIpc) is 3.33. The number of carbonyl (C=O) groups excluding carboxylic acids is 1. The van der Waals surface area contributed by atoms with Crippen LogP contribution in [0.1, 0.15) is 45.6 Å². The van der Waals surface area contributed by atoms with E-state index in [9.17, 15) is 14.0 Å². The fourth-order valence-corrected chi connectivity index (χ4v) is 5.63. The summed E-state index contributed by atoms with van der Waals surface area (Å²) in [5.74, 6) is 1.26. The van der Waals surface area contributed by atoms with Gasteiger partial charge in [0.15, 0.2) is 0 Å². The molecule has 8 nitrogen and oxygen atoms in total. The van der Waals surface area contributed by atoms with Crippen molar-refractivity contribution in [2.24, 2.45) is 0 Å². The van der Waals surface area contributed by atoms with Crippen LogP contribution >= 0.6 is 11.3 Å². The summed E-state index contributed by atoms with van der Waals surface area (Å²) < 4.78 is 13.5. The van der Waals surface area contributed by atoms with E-state index in [0.717, 1.165) is 24.2 Å². The number of hydrogen-bond acceptors (Lipinski definition) is 6. The largest absolute Gasteiger partial charge is 0.342 e. The Kier molecular flexibility index (Phi) is 5.49. The molecule has 172 valence electrons. The van der Waals surface area contributed by atoms with Crippen molar-refractivity contribution in [3.8, 4) is 0 Å². The highest BCUT2D eigenvalue weighted by molar-refractivity contribution is 7.20. The molecular weight excluding hydrogens is 443 g/mol. The van der Waals surface area contributed by atoms with Crippen LogP contribution in [0.4, 0.5) is 4.39 Å². The average molecular weight is 469 g/mol. The third-order valence-corrected chi connectivity index (χ3v) is 7.31. The maximum Gasteiger partial charge on any atom is 0.264 e. The van der Waals surface area contributed by atoms with Gasteiger partial charge in [0.2, 0.25) is 0 Å². The van der Waals surface area contributed by atoms with Crippen LogP contribution in [0.5, 0.6) is 0 Å². The predicted octanol–water partition coefficient (Wildman–Crippen LogP) is 3.39. The van der Waals surface area contributed by atoms with Crippen molar-refractivity contribution >= 4 is 38.5 Å². The van der Waals surface area contributed by atoms with Gasteiger partial charge in [-0.1, -0.05) is 0 Å². The van der Waals surface area contributed by atoms with Crippen molar-refractivity contribution in [3.63, 3.8) is 0 Å². The highest BCUT2D eigenvalue weighted by atomic mass is 32.1. The number of aromatic amines is 2. The normalized spacial score (nSPS) is 15.2. The van der Waals surface area contributed by atoms with E-state index in [1.165, 1.54) is 23.5 Å². The van der Waals surface area contributed by atoms with Gasteiger partial charge in [-0.3, -0.25) is 9.59 Å². The first kappa shape index (κ1) is 21.7. The quantitative estimate of drug-likeness (QED) is 0.479. The summed E-state index contributed by atoms with van der Waals surface area (Å²) in [6.45, 7) is 3.53. The van der Waals surface area contributed by atoms with Crippen molar-refractivity contribution in [2.45, 2.75) is 32.2 Å². The Hall–Kier alpha value is -3.11. The maximum atomic E-state index is 13.5. The summed E-state index contributed by atoms with van der Waals surface area (Å²) in [6, 6.07) is 4.53. The van der Waals surface area contributed by atoms with E-state index in [-0.39, 0.29) is 23.2 Å². The number of hydrogen-bond donors (Lipinski definition) is 2. The monoisotopic (exact) mass is 468 g/mol. The number of benzene rings is 1. The van der Waals surface area contributed by atoms with Gasteiger partial charge in [0, 0.05) is 19.0 Å². The fourth-order valence-electron chi connectivity index (χ4n) is 4.46. The summed E-state index contributed by atoms with van der Waals surface area (Å²) in [5.41, 5.74) is 1.92. The van der Waals surface area contributed by atoms with Crippen molar-refractivity contribution in [1.82, 2.24) is 29.7 Å². The summed E-state index contributed by atoms with van der Waals surface area (Å²) in [6.07, 6.45) is 1.54. The Morgan fingerprint density at radius 2 is 2.00 bits per heavy atom. The molecule has 1 amide bonds. The van der Waals surface area contributed by atoms with E-state index in [1.54, 1.807) is 6.07 Å². The molecule has 0 unspecified atom stereocenters. The Labute approximate surface area is 193 Å². The second-order valence-electron chi connectivity index (χ2n) is 8.84. The first-order valence-electron chi connectivity index (χ1n) is 10.9. The van der Waals surface area contributed by atoms with Gasteiger partial charge in [-0.2, -0.15) is 0 Å². The third-order valence-electron chi connectivity index (χ3n) is 6.14. The molecule has 4 aromatic rings. The number of H-pyrrole nitrogens is 2. The minimum Gasteiger partial charge on any atom is -0.342 e. The number of fused-ring (bicyclic) bond motifs is 2. The lowest BCUT2D eigenvalue weighted by Gasteiger charge is -2.31. The highest BCUT2D eigenvalue weighted by Crippen LogP contribution is 2.32. The Morgan fingerprint density at radius 3 is 2.73 bits per heavy atom. The number of piperidine rings is 1. The van der Waals surface area contributed by atoms with Gasteiger partial charge in [-0.25, -0.2) is 14.4 Å². The minimum absolute atomic E-state index is 0.0609. The van der Waals surface area contributed by atoms with Gasteiger partial charge in [0.1, 0.15) is 22.3 Å². The van der Waals surface area contributed by atoms with Crippen molar-refractivity contribution in [2.75, 3.05) is 27.2 Å². The zero-order valence-corrected chi connectivity index (χ0v) is 19.6. The van der Waals surface area contributed by atoms with Crippen molar-refractivity contribution in [3.05, 3.63) is 56.5 Å². The zero-order chi connectivity index (χ0) is 23.3. The molecule has 5 rings (SSSR count). The van der Waals surface area contributed by atoms with Crippen molar-refractivity contribution < 1.29 is 9.18 Å². The molecule has 0 aliphatic carbocycles. The number of nitrogens with zero attached hydrogens (tertiary/aromatic N) is 4. The number of aromatic nitrogens is 4. The number of aryl methyl sites for hydroxylation is 1. The molecule has 1 aromatic carbocycles. The Morgan fingerprint density at radius 1 is 1.24 bits per heavy atom. The standard InChI is InChI=1S/C23H25FN6O2S/c1-12-18-21(31)27-17(11-29(2)3)28-22(18)33-19(12)23(32)30-8-6-13(7-9-30)20-25-15-5-4-14(24)10-16(15)26-20/h4-5,10,13H,6-9,11H2,1-3H3,(H,25,26)(H,27,28,31). The molecule has 1 aliphatic rings. The molecule has 1 saturated heterocycles. The van der Waals surface area contributed by atoms with E-state index >= 15 is 0 Å². The summed E-state index contributed by atoms with van der Waals surface area (Å²) in [7, 11) is 3.82. The SMILES string of the molecule is Cc1c(C(=O)N2CCC(c3nc4ccc(F)cc4[nH]3)CC2)sc2nc(CN(C)C)[nH]c(=O)c12. The van der Waals surface area contributed by atoms with Gasteiger partial charge < -0.3 is 19.8 Å². The molecule has 3 aromatic heterocycles. The van der Waals surface area contributed by atoms with Crippen LogP contribution in [-0.4, -0.2) is 62.8 Å². The lowest BCUT2D eigenvalue weighted by Crippen LogP contribution is -2.38. The van der Waals surface area contributed by atoms with Crippen LogP contribution in [0.25, 0.3) is 21.3 Å². The molecule has 0 atom stereocenters. The van der Waals surface area contributed by atoms with Gasteiger partial charge in [-0.05, 0) is 57.6 Å². The van der Waals surface area contributed by atoms with Crippen LogP contribution in [0.15, 0.2) is 23.0 Å². The molecule has 33 heavy (non-hydrogen) atoms. The number of carbonyl (C=O) groups is 1. The molecular formula is C23H25FN6O2S. The fraction of sp³-hybridized carbons (Fsp3) is 0.391. The van der Waals surface area contributed by atoms with E-state index < -0.39 is 0 Å². The zero-order valence-electron chi connectivity index (χ0n) is 18.7. The molecule has 0 spiro atoms. The molecule has 2 N–H and O–H groups in total.